The van der Waals surface area contributed by atoms with E-state index in [1.807, 2.05) is 18.2 Å². The van der Waals surface area contributed by atoms with Crippen molar-refractivity contribution in [2.75, 3.05) is 0 Å². The van der Waals surface area contributed by atoms with Crippen LogP contribution in [-0.2, 0) is 0 Å². The quantitative estimate of drug-likeness (QED) is 0.686. The van der Waals surface area contributed by atoms with Gasteiger partial charge in [-0.25, -0.2) is 9.97 Å². The van der Waals surface area contributed by atoms with Crippen LogP contribution in [0.5, 0.6) is 0 Å². The van der Waals surface area contributed by atoms with E-state index in [9.17, 15) is 0 Å². The van der Waals surface area contributed by atoms with E-state index in [-0.39, 0.29) is 5.15 Å². The molecule has 0 aromatic carbocycles. The second-order valence-electron chi connectivity index (χ2n) is 3.43. The van der Waals surface area contributed by atoms with Crippen molar-refractivity contribution in [3.8, 4) is 11.5 Å². The zero-order valence-corrected chi connectivity index (χ0v) is 10.00. The van der Waals surface area contributed by atoms with E-state index in [4.69, 9.17) is 23.2 Å². The summed E-state index contributed by atoms with van der Waals surface area (Å²) in [5.41, 5.74) is 2.01. The first kappa shape index (κ1) is 10.5. The van der Waals surface area contributed by atoms with Gasteiger partial charge in [0.25, 0.3) is 0 Å². The van der Waals surface area contributed by atoms with Gasteiger partial charge in [0.15, 0.2) is 11.5 Å². The topological polar surface area (TPSA) is 54.5 Å². The van der Waals surface area contributed by atoms with Crippen molar-refractivity contribution in [2.24, 2.45) is 0 Å². The van der Waals surface area contributed by atoms with E-state index in [1.165, 1.54) is 0 Å². The molecule has 0 aliphatic heterocycles. The number of nitrogens with zero attached hydrogens (tertiary/aromatic N) is 3. The minimum absolute atomic E-state index is 0.248. The normalized spacial score (nSPS) is 10.9. The highest BCUT2D eigenvalue weighted by Crippen LogP contribution is 2.25. The summed E-state index contributed by atoms with van der Waals surface area (Å²) in [5.74, 6) is 0.645. The molecular formula is C11H6Cl2N4. The van der Waals surface area contributed by atoms with Crippen LogP contribution in [0, 0.1) is 0 Å². The van der Waals surface area contributed by atoms with Crippen LogP contribution >= 0.6 is 23.2 Å². The lowest BCUT2D eigenvalue weighted by molar-refractivity contribution is 1.23. The molecule has 0 spiro atoms. The van der Waals surface area contributed by atoms with E-state index < -0.39 is 0 Å². The number of aromatic amines is 1. The highest BCUT2D eigenvalue weighted by molar-refractivity contribution is 6.41. The Bertz CT molecular complexity index is 640. The number of rotatable bonds is 1. The zero-order chi connectivity index (χ0) is 11.8. The second-order valence-corrected chi connectivity index (χ2v) is 4.20. The van der Waals surface area contributed by atoms with E-state index in [1.54, 1.807) is 12.3 Å². The molecule has 0 fully saturated rings. The van der Waals surface area contributed by atoms with Crippen LogP contribution in [0.15, 0.2) is 30.5 Å². The lowest BCUT2D eigenvalue weighted by atomic mass is 10.3. The van der Waals surface area contributed by atoms with Crippen molar-refractivity contribution >= 4 is 34.4 Å². The molecule has 17 heavy (non-hydrogen) atoms. The fourth-order valence-corrected chi connectivity index (χ4v) is 1.81. The predicted molar refractivity (Wildman–Crippen MR) is 67.1 cm³/mol. The molecule has 3 heterocycles. The largest absolute Gasteiger partial charge is 0.335 e. The number of hydrogen-bond donors (Lipinski definition) is 1. The summed E-state index contributed by atoms with van der Waals surface area (Å²) in [6.45, 7) is 0. The number of hydrogen-bond acceptors (Lipinski definition) is 3. The Hall–Kier alpha value is -1.65. The zero-order valence-electron chi connectivity index (χ0n) is 8.48. The maximum atomic E-state index is 5.89. The molecule has 84 valence electrons. The van der Waals surface area contributed by atoms with Crippen molar-refractivity contribution in [1.82, 2.24) is 19.9 Å². The molecule has 3 rings (SSSR count). The summed E-state index contributed by atoms with van der Waals surface area (Å²) < 4.78 is 0. The molecular weight excluding hydrogens is 259 g/mol. The fraction of sp³-hybridized carbons (Fsp3) is 0. The summed E-state index contributed by atoms with van der Waals surface area (Å²) >= 11 is 11.7. The molecule has 0 saturated heterocycles. The smallest absolute Gasteiger partial charge is 0.179 e. The van der Waals surface area contributed by atoms with Crippen molar-refractivity contribution in [1.29, 1.82) is 0 Å². The average molecular weight is 265 g/mol. The van der Waals surface area contributed by atoms with E-state index in [0.717, 1.165) is 11.2 Å². The summed E-state index contributed by atoms with van der Waals surface area (Å²) in [5, 5.41) is 0.647. The number of imidazole rings is 1. The molecule has 0 aliphatic carbocycles. The van der Waals surface area contributed by atoms with Crippen LogP contribution in [0.4, 0.5) is 0 Å². The number of nitrogens with one attached hydrogen (secondary N) is 1. The molecule has 0 atom stereocenters. The Kier molecular flexibility index (Phi) is 2.46. The first-order valence-electron chi connectivity index (χ1n) is 4.87. The molecule has 0 unspecified atom stereocenters. The first-order chi connectivity index (χ1) is 8.24. The minimum atomic E-state index is 0.248. The Balaban J connectivity index is 2.21. The van der Waals surface area contributed by atoms with Crippen LogP contribution in [-0.4, -0.2) is 19.9 Å². The maximum Gasteiger partial charge on any atom is 0.179 e. The second kappa shape index (κ2) is 3.98. The molecule has 0 amide bonds. The van der Waals surface area contributed by atoms with Gasteiger partial charge in [0.05, 0.1) is 10.5 Å². The molecule has 0 bridgehead atoms. The Morgan fingerprint density at radius 2 is 2.00 bits per heavy atom. The molecule has 3 aromatic heterocycles. The highest BCUT2D eigenvalue weighted by Gasteiger charge is 2.09. The molecule has 1 N–H and O–H groups in total. The standard InChI is InChI=1S/C11H6Cl2N4/c12-6-5-8-11(16-9(6)13)17-10(15-8)7-3-1-2-4-14-7/h1-5H,(H,15,16,17). The third kappa shape index (κ3) is 1.85. The van der Waals surface area contributed by atoms with Crippen LogP contribution in [0.25, 0.3) is 22.7 Å². The molecule has 4 nitrogen and oxygen atoms in total. The van der Waals surface area contributed by atoms with Crippen molar-refractivity contribution in [3.63, 3.8) is 0 Å². The fourth-order valence-electron chi connectivity index (χ4n) is 1.52. The molecule has 6 heteroatoms. The van der Waals surface area contributed by atoms with Gasteiger partial charge < -0.3 is 4.98 Å². The van der Waals surface area contributed by atoms with E-state index in [2.05, 4.69) is 19.9 Å². The predicted octanol–water partition coefficient (Wildman–Crippen LogP) is 3.33. The van der Waals surface area contributed by atoms with Crippen molar-refractivity contribution < 1.29 is 0 Å². The van der Waals surface area contributed by atoms with Crippen LogP contribution in [0.2, 0.25) is 10.2 Å². The summed E-state index contributed by atoms with van der Waals surface area (Å²) in [4.78, 5) is 15.7. The number of fused-ring (bicyclic) bond motifs is 1. The summed E-state index contributed by atoms with van der Waals surface area (Å²) in [6.07, 6.45) is 1.70. The van der Waals surface area contributed by atoms with Gasteiger partial charge in [-0.3, -0.25) is 4.98 Å². The Labute approximate surface area is 107 Å². The van der Waals surface area contributed by atoms with Crippen LogP contribution in [0.1, 0.15) is 0 Å². The Morgan fingerprint density at radius 3 is 2.76 bits per heavy atom. The lowest BCUT2D eigenvalue weighted by Gasteiger charge is -1.92. The van der Waals surface area contributed by atoms with Gasteiger partial charge in [-0.15, -0.1) is 0 Å². The van der Waals surface area contributed by atoms with Crippen molar-refractivity contribution in [3.05, 3.63) is 40.6 Å². The van der Waals surface area contributed by atoms with Gasteiger partial charge in [0, 0.05) is 6.20 Å². The summed E-state index contributed by atoms with van der Waals surface area (Å²) in [6, 6.07) is 7.30. The third-order valence-corrected chi connectivity index (χ3v) is 2.96. The van der Waals surface area contributed by atoms with Gasteiger partial charge >= 0.3 is 0 Å². The first-order valence-corrected chi connectivity index (χ1v) is 5.63. The summed E-state index contributed by atoms with van der Waals surface area (Å²) in [7, 11) is 0. The SMILES string of the molecule is Clc1cc2[nH]c(-c3ccccn3)nc2nc1Cl. The van der Waals surface area contributed by atoms with Gasteiger partial charge in [-0.1, -0.05) is 29.3 Å². The van der Waals surface area contributed by atoms with Crippen LogP contribution < -0.4 is 0 Å². The van der Waals surface area contributed by atoms with E-state index in [0.29, 0.717) is 16.5 Å². The van der Waals surface area contributed by atoms with Gasteiger partial charge in [0.2, 0.25) is 0 Å². The number of aromatic nitrogens is 4. The average Bonchev–Trinajstić information content (AvgIpc) is 2.74. The third-order valence-electron chi connectivity index (χ3n) is 2.29. The monoisotopic (exact) mass is 264 g/mol. The number of pyridine rings is 2. The Morgan fingerprint density at radius 1 is 1.12 bits per heavy atom. The maximum absolute atomic E-state index is 5.89. The molecule has 0 aliphatic rings. The minimum Gasteiger partial charge on any atom is -0.335 e. The number of halogens is 2. The molecule has 0 radical (unpaired) electrons. The number of H-pyrrole nitrogens is 1. The molecule has 3 aromatic rings. The van der Waals surface area contributed by atoms with Crippen molar-refractivity contribution in [2.45, 2.75) is 0 Å². The van der Waals surface area contributed by atoms with Gasteiger partial charge in [-0.05, 0) is 18.2 Å². The van der Waals surface area contributed by atoms with E-state index >= 15 is 0 Å². The molecule has 0 saturated carbocycles. The highest BCUT2D eigenvalue weighted by atomic mass is 35.5. The van der Waals surface area contributed by atoms with Crippen LogP contribution in [0.3, 0.4) is 0 Å². The van der Waals surface area contributed by atoms with Gasteiger partial charge in [-0.2, -0.15) is 0 Å². The lowest BCUT2D eigenvalue weighted by Crippen LogP contribution is -1.83. The van der Waals surface area contributed by atoms with Gasteiger partial charge in [0.1, 0.15) is 10.8 Å².